The second-order valence-corrected chi connectivity index (χ2v) is 6.51. The van der Waals surface area contributed by atoms with Gasteiger partial charge in [0.15, 0.2) is 0 Å². The van der Waals surface area contributed by atoms with Crippen molar-refractivity contribution in [1.29, 1.82) is 0 Å². The van der Waals surface area contributed by atoms with Crippen molar-refractivity contribution in [1.82, 2.24) is 4.90 Å². The molecule has 2 unspecified atom stereocenters. The molecule has 110 valence electrons. The summed E-state index contributed by atoms with van der Waals surface area (Å²) in [7, 11) is 0. The molecule has 2 atom stereocenters. The third-order valence-electron chi connectivity index (χ3n) is 3.77. The maximum atomic E-state index is 12.8. The minimum atomic E-state index is -0.377. The van der Waals surface area contributed by atoms with E-state index in [1.807, 2.05) is 50.8 Å². The van der Waals surface area contributed by atoms with E-state index in [0.717, 1.165) is 6.42 Å². The molecule has 3 nitrogen and oxygen atoms in total. The van der Waals surface area contributed by atoms with Gasteiger partial charge in [-0.05, 0) is 25.8 Å². The van der Waals surface area contributed by atoms with Gasteiger partial charge in [-0.15, -0.1) is 0 Å². The van der Waals surface area contributed by atoms with Gasteiger partial charge in [0.2, 0.25) is 5.91 Å². The summed E-state index contributed by atoms with van der Waals surface area (Å²) >= 11 is 0. The number of benzene rings is 1. The highest BCUT2D eigenvalue weighted by atomic mass is 16.5. The zero-order valence-electron chi connectivity index (χ0n) is 12.9. The minimum absolute atomic E-state index is 0.121. The van der Waals surface area contributed by atoms with Gasteiger partial charge in [-0.3, -0.25) is 4.79 Å². The summed E-state index contributed by atoms with van der Waals surface area (Å²) in [6.45, 7) is 9.52. The molecule has 3 heteroatoms. The summed E-state index contributed by atoms with van der Waals surface area (Å²) in [4.78, 5) is 14.7. The van der Waals surface area contributed by atoms with Crippen molar-refractivity contribution in [3.05, 3.63) is 35.9 Å². The lowest BCUT2D eigenvalue weighted by molar-refractivity contribution is -0.152. The molecule has 0 N–H and O–H groups in total. The number of carbonyl (C=O) groups is 1. The Labute approximate surface area is 121 Å². The molecule has 1 fully saturated rings. The molecule has 1 saturated heterocycles. The smallest absolute Gasteiger partial charge is 0.228 e. The van der Waals surface area contributed by atoms with Crippen LogP contribution >= 0.6 is 0 Å². The fourth-order valence-corrected chi connectivity index (χ4v) is 2.95. The minimum Gasteiger partial charge on any atom is -0.372 e. The molecule has 20 heavy (non-hydrogen) atoms. The van der Waals surface area contributed by atoms with E-state index in [1.54, 1.807) is 0 Å². The molecule has 0 bridgehead atoms. The summed E-state index contributed by atoms with van der Waals surface area (Å²) < 4.78 is 5.70. The SMILES string of the molecule is CC1CN(C(=O)C(C)(C)Cc2ccccc2)CC(C)O1. The first-order valence-corrected chi connectivity index (χ1v) is 7.37. The van der Waals surface area contributed by atoms with Crippen molar-refractivity contribution >= 4 is 5.91 Å². The standard InChI is InChI=1S/C17H25NO2/c1-13-11-18(12-14(2)20-13)16(19)17(3,4)10-15-8-6-5-7-9-15/h5-9,13-14H,10-12H2,1-4H3. The van der Waals surface area contributed by atoms with Crippen molar-refractivity contribution in [3.8, 4) is 0 Å². The number of hydrogen-bond donors (Lipinski definition) is 0. The first-order chi connectivity index (χ1) is 9.38. The summed E-state index contributed by atoms with van der Waals surface area (Å²) in [5.74, 6) is 0.225. The normalized spacial score (nSPS) is 23.7. The van der Waals surface area contributed by atoms with E-state index < -0.39 is 0 Å². The van der Waals surface area contributed by atoms with Gasteiger partial charge in [-0.1, -0.05) is 44.2 Å². The Balaban J connectivity index is 2.06. The van der Waals surface area contributed by atoms with E-state index in [0.29, 0.717) is 13.1 Å². The number of hydrogen-bond acceptors (Lipinski definition) is 2. The van der Waals surface area contributed by atoms with Gasteiger partial charge in [-0.25, -0.2) is 0 Å². The van der Waals surface area contributed by atoms with Gasteiger partial charge in [0.05, 0.1) is 12.2 Å². The first kappa shape index (κ1) is 15.0. The number of rotatable bonds is 3. The molecule has 1 aliphatic rings. The Bertz CT molecular complexity index is 445. The summed E-state index contributed by atoms with van der Waals surface area (Å²) in [5, 5.41) is 0. The number of carbonyl (C=O) groups excluding carboxylic acids is 1. The quantitative estimate of drug-likeness (QED) is 0.849. The molecule has 1 aliphatic heterocycles. The van der Waals surface area contributed by atoms with Crippen LogP contribution in [-0.4, -0.2) is 36.1 Å². The Morgan fingerprint density at radius 2 is 1.75 bits per heavy atom. The number of amides is 1. The van der Waals surface area contributed by atoms with Crippen LogP contribution in [0, 0.1) is 5.41 Å². The van der Waals surface area contributed by atoms with Crippen molar-refractivity contribution < 1.29 is 9.53 Å². The van der Waals surface area contributed by atoms with Crippen LogP contribution < -0.4 is 0 Å². The van der Waals surface area contributed by atoms with Crippen molar-refractivity contribution in [3.63, 3.8) is 0 Å². The fourth-order valence-electron chi connectivity index (χ4n) is 2.95. The van der Waals surface area contributed by atoms with Gasteiger partial charge in [0.25, 0.3) is 0 Å². The fraction of sp³-hybridized carbons (Fsp3) is 0.588. The zero-order valence-corrected chi connectivity index (χ0v) is 12.9. The lowest BCUT2D eigenvalue weighted by atomic mass is 9.84. The molecule has 1 amide bonds. The van der Waals surface area contributed by atoms with E-state index in [4.69, 9.17) is 4.74 Å². The number of morpholine rings is 1. The van der Waals surface area contributed by atoms with E-state index >= 15 is 0 Å². The highest BCUT2D eigenvalue weighted by Crippen LogP contribution is 2.26. The average molecular weight is 275 g/mol. The summed E-state index contributed by atoms with van der Waals surface area (Å²) in [5.41, 5.74) is 0.832. The average Bonchev–Trinajstić information content (AvgIpc) is 2.37. The van der Waals surface area contributed by atoms with E-state index in [-0.39, 0.29) is 23.5 Å². The van der Waals surface area contributed by atoms with Gasteiger partial charge in [-0.2, -0.15) is 0 Å². The first-order valence-electron chi connectivity index (χ1n) is 7.37. The predicted octanol–water partition coefficient (Wildman–Crippen LogP) is 2.89. The molecule has 1 aromatic carbocycles. The second kappa shape index (κ2) is 5.96. The molecule has 0 aromatic heterocycles. The van der Waals surface area contributed by atoms with E-state index in [2.05, 4.69) is 12.1 Å². The van der Waals surface area contributed by atoms with Crippen LogP contribution in [0.15, 0.2) is 30.3 Å². The molecular formula is C17H25NO2. The predicted molar refractivity (Wildman–Crippen MR) is 80.5 cm³/mol. The lowest BCUT2D eigenvalue weighted by Crippen LogP contribution is -2.52. The van der Waals surface area contributed by atoms with Crippen LogP contribution in [0.1, 0.15) is 33.3 Å². The topological polar surface area (TPSA) is 29.5 Å². The van der Waals surface area contributed by atoms with E-state index in [9.17, 15) is 4.79 Å². The van der Waals surface area contributed by atoms with Crippen LogP contribution in [0.4, 0.5) is 0 Å². The largest absolute Gasteiger partial charge is 0.372 e. The third-order valence-corrected chi connectivity index (χ3v) is 3.77. The van der Waals surface area contributed by atoms with Gasteiger partial charge >= 0.3 is 0 Å². The van der Waals surface area contributed by atoms with Crippen LogP contribution in [0.5, 0.6) is 0 Å². The molecule has 0 aliphatic carbocycles. The van der Waals surface area contributed by atoms with Gasteiger partial charge < -0.3 is 9.64 Å². The van der Waals surface area contributed by atoms with Crippen molar-refractivity contribution in [2.24, 2.45) is 5.41 Å². The van der Waals surface area contributed by atoms with Crippen LogP contribution in [0.3, 0.4) is 0 Å². The highest BCUT2D eigenvalue weighted by molar-refractivity contribution is 5.82. The molecule has 1 aromatic rings. The molecule has 2 rings (SSSR count). The Morgan fingerprint density at radius 3 is 2.30 bits per heavy atom. The summed E-state index contributed by atoms with van der Waals surface area (Å²) in [6.07, 6.45) is 1.01. The van der Waals surface area contributed by atoms with Gasteiger partial charge in [0, 0.05) is 18.5 Å². The van der Waals surface area contributed by atoms with Crippen LogP contribution in [0.25, 0.3) is 0 Å². The molecule has 0 saturated carbocycles. The molecule has 0 spiro atoms. The highest BCUT2D eigenvalue weighted by Gasteiger charge is 2.35. The molecular weight excluding hydrogens is 250 g/mol. The molecule has 1 heterocycles. The Hall–Kier alpha value is -1.35. The van der Waals surface area contributed by atoms with Gasteiger partial charge in [0.1, 0.15) is 0 Å². The Kier molecular flexibility index (Phi) is 4.48. The van der Waals surface area contributed by atoms with E-state index in [1.165, 1.54) is 5.56 Å². The van der Waals surface area contributed by atoms with Crippen molar-refractivity contribution in [2.75, 3.05) is 13.1 Å². The summed E-state index contributed by atoms with van der Waals surface area (Å²) in [6, 6.07) is 10.2. The third kappa shape index (κ3) is 3.60. The molecule has 0 radical (unpaired) electrons. The maximum absolute atomic E-state index is 12.8. The van der Waals surface area contributed by atoms with Crippen LogP contribution in [-0.2, 0) is 16.0 Å². The van der Waals surface area contributed by atoms with Crippen LogP contribution in [0.2, 0.25) is 0 Å². The number of nitrogens with zero attached hydrogens (tertiary/aromatic N) is 1. The maximum Gasteiger partial charge on any atom is 0.228 e. The second-order valence-electron chi connectivity index (χ2n) is 6.51. The van der Waals surface area contributed by atoms with Crippen molar-refractivity contribution in [2.45, 2.75) is 46.3 Å². The Morgan fingerprint density at radius 1 is 1.20 bits per heavy atom. The zero-order chi connectivity index (χ0) is 14.8. The number of ether oxygens (including phenoxy) is 1. The monoisotopic (exact) mass is 275 g/mol. The lowest BCUT2D eigenvalue weighted by Gasteiger charge is -2.39.